The van der Waals surface area contributed by atoms with Crippen molar-refractivity contribution in [2.45, 2.75) is 13.0 Å². The highest BCUT2D eigenvalue weighted by molar-refractivity contribution is 5.95. The number of rotatable bonds is 4. The molecule has 1 aliphatic rings. The molecular weight excluding hydrogens is 332 g/mol. The van der Waals surface area contributed by atoms with Crippen LogP contribution in [0.4, 0.5) is 17.1 Å². The molecule has 1 aromatic carbocycles. The maximum Gasteiger partial charge on any atom is 0.285 e. The van der Waals surface area contributed by atoms with Crippen LogP contribution in [-0.2, 0) is 17.8 Å². The van der Waals surface area contributed by atoms with Gasteiger partial charge in [-0.3, -0.25) is 34.4 Å². The predicted octanol–water partition coefficient (Wildman–Crippen LogP) is 1.25. The molecule has 0 aliphatic carbocycles. The lowest BCUT2D eigenvalue weighted by molar-refractivity contribution is -0.385. The maximum absolute atomic E-state index is 12.5. The molecule has 3 rings (SSSR count). The zero-order chi connectivity index (χ0) is 18.1. The monoisotopic (exact) mass is 344 g/mol. The van der Waals surface area contributed by atoms with Crippen LogP contribution in [0.15, 0.2) is 41.3 Å². The third kappa shape index (κ3) is 3.09. The molecule has 0 fully saturated rings. The third-order valence-electron chi connectivity index (χ3n) is 3.96. The highest BCUT2D eigenvalue weighted by atomic mass is 16.6. The van der Waals surface area contributed by atoms with Crippen molar-refractivity contribution in [3.8, 4) is 0 Å². The Balaban J connectivity index is 1.88. The Morgan fingerprint density at radius 1 is 1.08 bits per heavy atom. The molecule has 2 aromatic rings. The average Bonchev–Trinajstić information content (AvgIpc) is 2.99. The Kier molecular flexibility index (Phi) is 4.01. The van der Waals surface area contributed by atoms with Gasteiger partial charge in [0.1, 0.15) is 6.54 Å². The summed E-state index contributed by atoms with van der Waals surface area (Å²) in [5.41, 5.74) is 0.247. The van der Waals surface area contributed by atoms with Gasteiger partial charge >= 0.3 is 0 Å². The van der Waals surface area contributed by atoms with Gasteiger partial charge < -0.3 is 4.90 Å². The fourth-order valence-electron chi connectivity index (χ4n) is 2.72. The van der Waals surface area contributed by atoms with E-state index < -0.39 is 21.3 Å². The van der Waals surface area contributed by atoms with Crippen LogP contribution in [0.5, 0.6) is 0 Å². The van der Waals surface area contributed by atoms with E-state index in [1.807, 2.05) is 0 Å². The van der Waals surface area contributed by atoms with Crippen LogP contribution < -0.4 is 10.5 Å². The number of nitrogens with zero attached hydrogens (tertiary/aromatic N) is 4. The number of amides is 1. The fraction of sp³-hybridized carbons (Fsp3) is 0.200. The zero-order valence-corrected chi connectivity index (χ0v) is 12.8. The zero-order valence-electron chi connectivity index (χ0n) is 12.8. The Morgan fingerprint density at radius 3 is 2.44 bits per heavy atom. The minimum absolute atomic E-state index is 0.133. The molecule has 2 heterocycles. The number of pyridine rings is 1. The average molecular weight is 344 g/mol. The van der Waals surface area contributed by atoms with Gasteiger partial charge in [0, 0.05) is 30.8 Å². The van der Waals surface area contributed by atoms with E-state index in [-0.39, 0.29) is 17.9 Å². The standard InChI is InChI=1S/C15H12N4O6/c20-14-4-3-12(19(24)25)8-16(14)9-15(21)17-6-5-10-1-2-11(18(22)23)7-13(10)17/h1-4,7-8H,5-6,9H2. The van der Waals surface area contributed by atoms with Crippen LogP contribution in [0.2, 0.25) is 0 Å². The van der Waals surface area contributed by atoms with Crippen molar-refractivity contribution >= 4 is 23.0 Å². The van der Waals surface area contributed by atoms with Gasteiger partial charge in [-0.25, -0.2) is 0 Å². The molecule has 0 unspecified atom stereocenters. The normalized spacial score (nSPS) is 12.7. The minimum Gasteiger partial charge on any atom is -0.310 e. The van der Waals surface area contributed by atoms with Gasteiger partial charge in [0.05, 0.1) is 21.7 Å². The van der Waals surface area contributed by atoms with Gasteiger partial charge in [-0.1, -0.05) is 6.07 Å². The van der Waals surface area contributed by atoms with Gasteiger partial charge in [-0.2, -0.15) is 0 Å². The smallest absolute Gasteiger partial charge is 0.285 e. The van der Waals surface area contributed by atoms with E-state index in [1.165, 1.54) is 17.0 Å². The molecular formula is C15H12N4O6. The molecule has 0 N–H and O–H groups in total. The summed E-state index contributed by atoms with van der Waals surface area (Å²) in [6.07, 6.45) is 1.55. The quantitative estimate of drug-likeness (QED) is 0.606. The van der Waals surface area contributed by atoms with Crippen LogP contribution >= 0.6 is 0 Å². The highest BCUT2D eigenvalue weighted by Crippen LogP contribution is 2.31. The number of hydrogen-bond donors (Lipinski definition) is 0. The van der Waals surface area contributed by atoms with Crippen molar-refractivity contribution < 1.29 is 14.6 Å². The molecule has 25 heavy (non-hydrogen) atoms. The second-order valence-corrected chi connectivity index (χ2v) is 5.48. The number of hydrogen-bond acceptors (Lipinski definition) is 6. The summed E-state index contributed by atoms with van der Waals surface area (Å²) in [4.78, 5) is 46.2. The number of nitro benzene ring substituents is 1. The van der Waals surface area contributed by atoms with Crippen molar-refractivity contribution in [3.05, 3.63) is 72.7 Å². The van der Waals surface area contributed by atoms with Gasteiger partial charge in [-0.05, 0) is 12.0 Å². The lowest BCUT2D eigenvalue weighted by Crippen LogP contribution is -2.35. The summed E-state index contributed by atoms with van der Waals surface area (Å²) in [7, 11) is 0. The number of fused-ring (bicyclic) bond motifs is 1. The molecule has 10 heteroatoms. The lowest BCUT2D eigenvalue weighted by Gasteiger charge is -2.17. The van der Waals surface area contributed by atoms with E-state index in [2.05, 4.69) is 0 Å². The number of anilines is 1. The first-order valence-electron chi connectivity index (χ1n) is 7.29. The Bertz CT molecular complexity index is 951. The molecule has 0 saturated heterocycles. The van der Waals surface area contributed by atoms with E-state index in [0.29, 0.717) is 18.7 Å². The van der Waals surface area contributed by atoms with Crippen LogP contribution in [0.1, 0.15) is 5.56 Å². The predicted molar refractivity (Wildman–Crippen MR) is 86.5 cm³/mol. The molecule has 0 atom stereocenters. The molecule has 128 valence electrons. The SMILES string of the molecule is O=C(Cn1cc([N+](=O)[O-])ccc1=O)N1CCc2ccc([N+](=O)[O-])cc21. The fourth-order valence-corrected chi connectivity index (χ4v) is 2.72. The molecule has 1 aliphatic heterocycles. The van der Waals surface area contributed by atoms with E-state index >= 15 is 0 Å². The van der Waals surface area contributed by atoms with Crippen molar-refractivity contribution in [2.24, 2.45) is 0 Å². The Hall–Kier alpha value is -3.56. The number of benzene rings is 1. The summed E-state index contributed by atoms with van der Waals surface area (Å²) in [6.45, 7) is -0.0539. The van der Waals surface area contributed by atoms with Crippen LogP contribution in [0.3, 0.4) is 0 Å². The summed E-state index contributed by atoms with van der Waals surface area (Å²) in [6, 6.07) is 6.38. The van der Waals surface area contributed by atoms with Crippen LogP contribution in [0.25, 0.3) is 0 Å². The van der Waals surface area contributed by atoms with Crippen molar-refractivity contribution in [2.75, 3.05) is 11.4 Å². The summed E-state index contributed by atoms with van der Waals surface area (Å²) < 4.78 is 0.954. The highest BCUT2D eigenvalue weighted by Gasteiger charge is 2.27. The summed E-state index contributed by atoms with van der Waals surface area (Å²) >= 11 is 0. The molecule has 0 radical (unpaired) electrons. The molecule has 0 spiro atoms. The van der Waals surface area contributed by atoms with E-state index in [0.717, 1.165) is 28.5 Å². The first-order valence-corrected chi connectivity index (χ1v) is 7.29. The first-order chi connectivity index (χ1) is 11.9. The van der Waals surface area contributed by atoms with E-state index in [9.17, 15) is 29.8 Å². The number of aromatic nitrogens is 1. The lowest BCUT2D eigenvalue weighted by atomic mass is 10.1. The van der Waals surface area contributed by atoms with Gasteiger partial charge in [0.15, 0.2) is 0 Å². The molecule has 0 saturated carbocycles. The minimum atomic E-state index is -0.658. The molecule has 0 bridgehead atoms. The number of carbonyl (C=O) groups is 1. The Morgan fingerprint density at radius 2 is 1.76 bits per heavy atom. The first kappa shape index (κ1) is 16.3. The van der Waals surface area contributed by atoms with Crippen molar-refractivity contribution in [1.29, 1.82) is 0 Å². The van der Waals surface area contributed by atoms with Crippen LogP contribution in [0, 0.1) is 20.2 Å². The second-order valence-electron chi connectivity index (χ2n) is 5.48. The van der Waals surface area contributed by atoms with Gasteiger partial charge in [0.25, 0.3) is 16.9 Å². The van der Waals surface area contributed by atoms with E-state index in [1.54, 1.807) is 6.07 Å². The molecule has 1 amide bonds. The number of nitro groups is 2. The molecule has 10 nitrogen and oxygen atoms in total. The third-order valence-corrected chi connectivity index (χ3v) is 3.96. The summed E-state index contributed by atoms with van der Waals surface area (Å²) in [5, 5.41) is 21.7. The van der Waals surface area contributed by atoms with Crippen LogP contribution in [-0.4, -0.2) is 26.9 Å². The number of non-ortho nitro benzene ring substituents is 1. The van der Waals surface area contributed by atoms with Crippen molar-refractivity contribution in [1.82, 2.24) is 4.57 Å². The van der Waals surface area contributed by atoms with Crippen molar-refractivity contribution in [3.63, 3.8) is 0 Å². The Labute approximate surface area is 140 Å². The van der Waals surface area contributed by atoms with Gasteiger partial charge in [-0.15, -0.1) is 0 Å². The second kappa shape index (κ2) is 6.15. The maximum atomic E-state index is 12.5. The summed E-state index contributed by atoms with van der Waals surface area (Å²) in [5.74, 6) is -0.471. The topological polar surface area (TPSA) is 129 Å². The van der Waals surface area contributed by atoms with E-state index in [4.69, 9.17) is 0 Å². The molecule has 1 aromatic heterocycles. The largest absolute Gasteiger partial charge is 0.310 e. The number of carbonyl (C=O) groups excluding carboxylic acids is 1. The van der Waals surface area contributed by atoms with Gasteiger partial charge in [0.2, 0.25) is 5.91 Å².